The summed E-state index contributed by atoms with van der Waals surface area (Å²) in [6, 6.07) is 0.502. The fourth-order valence-electron chi connectivity index (χ4n) is 2.35. The molecule has 1 fully saturated rings. The second-order valence-corrected chi connectivity index (χ2v) is 4.97. The lowest BCUT2D eigenvalue weighted by atomic mass is 10.2. The molecule has 0 saturated carbocycles. The fourth-order valence-corrected chi connectivity index (χ4v) is 2.35. The summed E-state index contributed by atoms with van der Waals surface area (Å²) >= 11 is 0. The Morgan fingerprint density at radius 1 is 1.35 bits per heavy atom. The summed E-state index contributed by atoms with van der Waals surface area (Å²) in [5.74, 6) is 0.294. The highest BCUT2D eigenvalue weighted by Crippen LogP contribution is 2.02. The van der Waals surface area contributed by atoms with Crippen molar-refractivity contribution in [1.29, 1.82) is 0 Å². The van der Waals surface area contributed by atoms with Gasteiger partial charge in [0.25, 0.3) is 0 Å². The van der Waals surface area contributed by atoms with Gasteiger partial charge in [-0.2, -0.15) is 0 Å². The molecule has 1 rings (SSSR count). The predicted molar refractivity (Wildman–Crippen MR) is 71.1 cm³/mol. The van der Waals surface area contributed by atoms with Crippen molar-refractivity contribution in [2.24, 2.45) is 0 Å². The molecule has 0 spiro atoms. The third-order valence-electron chi connectivity index (χ3n) is 3.15. The third-order valence-corrected chi connectivity index (χ3v) is 3.15. The molecular formula is C13H27N3O. The maximum atomic E-state index is 12.2. The lowest BCUT2D eigenvalue weighted by molar-refractivity contribution is -0.132. The quantitative estimate of drug-likeness (QED) is 0.751. The SMILES string of the molecule is CCCN(CCC)C(=O)CN1CCNC(C)C1. The van der Waals surface area contributed by atoms with Gasteiger partial charge in [0.15, 0.2) is 0 Å². The number of hydrogen-bond acceptors (Lipinski definition) is 3. The van der Waals surface area contributed by atoms with Gasteiger partial charge in [-0.25, -0.2) is 0 Å². The van der Waals surface area contributed by atoms with E-state index in [1.165, 1.54) is 0 Å². The normalized spacial score (nSPS) is 21.5. The van der Waals surface area contributed by atoms with Crippen molar-refractivity contribution >= 4 is 5.91 Å². The minimum atomic E-state index is 0.294. The molecule has 100 valence electrons. The molecule has 17 heavy (non-hydrogen) atoms. The molecule has 1 N–H and O–H groups in total. The van der Waals surface area contributed by atoms with Crippen LogP contribution < -0.4 is 5.32 Å². The third kappa shape index (κ3) is 5.04. The van der Waals surface area contributed by atoms with E-state index in [1.54, 1.807) is 0 Å². The molecule has 0 aliphatic carbocycles. The van der Waals surface area contributed by atoms with Crippen LogP contribution in [-0.2, 0) is 4.79 Å². The van der Waals surface area contributed by atoms with E-state index in [9.17, 15) is 4.79 Å². The summed E-state index contributed by atoms with van der Waals surface area (Å²) in [5, 5.41) is 3.40. The van der Waals surface area contributed by atoms with Crippen LogP contribution in [0.3, 0.4) is 0 Å². The van der Waals surface area contributed by atoms with Gasteiger partial charge in [-0.1, -0.05) is 13.8 Å². The van der Waals surface area contributed by atoms with Gasteiger partial charge in [0.2, 0.25) is 5.91 Å². The van der Waals surface area contributed by atoms with Crippen LogP contribution in [-0.4, -0.2) is 61.0 Å². The lowest BCUT2D eigenvalue weighted by Gasteiger charge is -2.33. The summed E-state index contributed by atoms with van der Waals surface area (Å²) in [5.41, 5.74) is 0. The second kappa shape index (κ2) is 7.67. The highest BCUT2D eigenvalue weighted by atomic mass is 16.2. The van der Waals surface area contributed by atoms with Crippen molar-refractivity contribution in [2.75, 3.05) is 39.3 Å². The largest absolute Gasteiger partial charge is 0.342 e. The van der Waals surface area contributed by atoms with Crippen molar-refractivity contribution in [2.45, 2.75) is 39.7 Å². The smallest absolute Gasteiger partial charge is 0.236 e. The molecule has 1 aliphatic heterocycles. The Kier molecular flexibility index (Phi) is 6.52. The minimum Gasteiger partial charge on any atom is -0.342 e. The first-order valence-corrected chi connectivity index (χ1v) is 6.90. The number of nitrogens with one attached hydrogen (secondary N) is 1. The van der Waals surface area contributed by atoms with Gasteiger partial charge in [-0.3, -0.25) is 9.69 Å². The van der Waals surface area contributed by atoms with Crippen molar-refractivity contribution in [3.8, 4) is 0 Å². The zero-order chi connectivity index (χ0) is 12.7. The molecule has 1 atom stereocenters. The summed E-state index contributed by atoms with van der Waals surface area (Å²) in [6.45, 7) is 11.8. The molecule has 1 aliphatic rings. The van der Waals surface area contributed by atoms with E-state index >= 15 is 0 Å². The number of amides is 1. The van der Waals surface area contributed by atoms with Crippen LogP contribution in [0.5, 0.6) is 0 Å². The van der Waals surface area contributed by atoms with Crippen LogP contribution in [0.25, 0.3) is 0 Å². The van der Waals surface area contributed by atoms with Gasteiger partial charge < -0.3 is 10.2 Å². The Hall–Kier alpha value is -0.610. The maximum Gasteiger partial charge on any atom is 0.236 e. The van der Waals surface area contributed by atoms with Crippen LogP contribution in [0.2, 0.25) is 0 Å². The van der Waals surface area contributed by atoms with Crippen LogP contribution in [0.15, 0.2) is 0 Å². The van der Waals surface area contributed by atoms with Crippen LogP contribution in [0.1, 0.15) is 33.6 Å². The molecule has 0 aromatic carbocycles. The number of rotatable bonds is 6. The maximum absolute atomic E-state index is 12.2. The van der Waals surface area contributed by atoms with Gasteiger partial charge in [0.1, 0.15) is 0 Å². The number of nitrogens with zero attached hydrogens (tertiary/aromatic N) is 2. The van der Waals surface area contributed by atoms with E-state index in [0.29, 0.717) is 18.5 Å². The highest BCUT2D eigenvalue weighted by Gasteiger charge is 2.20. The number of hydrogen-bond donors (Lipinski definition) is 1. The monoisotopic (exact) mass is 241 g/mol. The molecule has 0 radical (unpaired) electrons. The summed E-state index contributed by atoms with van der Waals surface area (Å²) in [4.78, 5) is 16.4. The van der Waals surface area contributed by atoms with E-state index in [-0.39, 0.29) is 0 Å². The number of piperazine rings is 1. The van der Waals surface area contributed by atoms with E-state index in [1.807, 2.05) is 4.90 Å². The fraction of sp³-hybridized carbons (Fsp3) is 0.923. The predicted octanol–water partition coefficient (Wildman–Crippen LogP) is 0.929. The first-order chi connectivity index (χ1) is 8.17. The van der Waals surface area contributed by atoms with Crippen molar-refractivity contribution < 1.29 is 4.79 Å². The topological polar surface area (TPSA) is 35.6 Å². The summed E-state index contributed by atoms with van der Waals surface area (Å²) in [7, 11) is 0. The molecule has 1 unspecified atom stereocenters. The van der Waals surface area contributed by atoms with E-state index < -0.39 is 0 Å². The highest BCUT2D eigenvalue weighted by molar-refractivity contribution is 5.78. The Morgan fingerprint density at radius 2 is 2.00 bits per heavy atom. The molecule has 1 heterocycles. The minimum absolute atomic E-state index is 0.294. The van der Waals surface area contributed by atoms with Gasteiger partial charge in [0.05, 0.1) is 6.54 Å². The van der Waals surface area contributed by atoms with Gasteiger partial charge in [-0.05, 0) is 19.8 Å². The van der Waals surface area contributed by atoms with Crippen LogP contribution >= 0.6 is 0 Å². The average molecular weight is 241 g/mol. The molecular weight excluding hydrogens is 214 g/mol. The second-order valence-electron chi connectivity index (χ2n) is 4.97. The van der Waals surface area contributed by atoms with E-state index in [4.69, 9.17) is 0 Å². The first-order valence-electron chi connectivity index (χ1n) is 6.90. The Bertz CT molecular complexity index is 227. The van der Waals surface area contributed by atoms with E-state index in [2.05, 4.69) is 31.0 Å². The zero-order valence-electron chi connectivity index (χ0n) is 11.5. The van der Waals surface area contributed by atoms with Crippen molar-refractivity contribution in [3.63, 3.8) is 0 Å². The molecule has 0 aromatic rings. The average Bonchev–Trinajstić information content (AvgIpc) is 2.28. The Labute approximate surface area is 105 Å². The molecule has 4 nitrogen and oxygen atoms in total. The Morgan fingerprint density at radius 3 is 2.53 bits per heavy atom. The molecule has 1 saturated heterocycles. The first kappa shape index (κ1) is 14.5. The number of carbonyl (C=O) groups is 1. The summed E-state index contributed by atoms with van der Waals surface area (Å²) in [6.07, 6.45) is 2.09. The van der Waals surface area contributed by atoms with E-state index in [0.717, 1.165) is 45.6 Å². The lowest BCUT2D eigenvalue weighted by Crippen LogP contribution is -2.52. The molecule has 4 heteroatoms. The standard InChI is InChI=1S/C13H27N3O/c1-4-7-16(8-5-2)13(17)11-15-9-6-14-12(3)10-15/h12,14H,4-11H2,1-3H3. The molecule has 1 amide bonds. The summed E-state index contributed by atoms with van der Waals surface area (Å²) < 4.78 is 0. The molecule has 0 bridgehead atoms. The molecule has 0 aromatic heterocycles. The van der Waals surface area contributed by atoms with Gasteiger partial charge in [0, 0.05) is 38.8 Å². The number of carbonyl (C=O) groups excluding carboxylic acids is 1. The van der Waals surface area contributed by atoms with Gasteiger partial charge in [-0.15, -0.1) is 0 Å². The van der Waals surface area contributed by atoms with Gasteiger partial charge >= 0.3 is 0 Å². The van der Waals surface area contributed by atoms with Crippen LogP contribution in [0, 0.1) is 0 Å². The zero-order valence-corrected chi connectivity index (χ0v) is 11.5. The Balaban J connectivity index is 2.39. The van der Waals surface area contributed by atoms with Crippen molar-refractivity contribution in [1.82, 2.24) is 15.1 Å². The van der Waals surface area contributed by atoms with Crippen molar-refractivity contribution in [3.05, 3.63) is 0 Å². The van der Waals surface area contributed by atoms with Crippen LogP contribution in [0.4, 0.5) is 0 Å².